The summed E-state index contributed by atoms with van der Waals surface area (Å²) in [6.45, 7) is 3.00. The molecule has 1 atom stereocenters. The first kappa shape index (κ1) is 14.1. The maximum Gasteiger partial charge on any atom is 0.0944 e. The molecule has 0 fully saturated rings. The topological polar surface area (TPSA) is 37.8 Å². The molecule has 2 aromatic rings. The second-order valence-corrected chi connectivity index (χ2v) is 6.51. The zero-order valence-electron chi connectivity index (χ0n) is 9.86. The van der Waals surface area contributed by atoms with Crippen molar-refractivity contribution in [2.45, 2.75) is 19.4 Å². The van der Waals surface area contributed by atoms with Gasteiger partial charge in [-0.15, -0.1) is 11.3 Å². The van der Waals surface area contributed by atoms with Crippen LogP contribution in [0.4, 0.5) is 0 Å². The third-order valence-corrected chi connectivity index (χ3v) is 4.35. The van der Waals surface area contributed by atoms with Crippen LogP contribution in [0.5, 0.6) is 0 Å². The van der Waals surface area contributed by atoms with E-state index in [1.54, 1.807) is 11.3 Å². The molecule has 0 spiro atoms. The van der Waals surface area contributed by atoms with Gasteiger partial charge < -0.3 is 5.32 Å². The highest BCUT2D eigenvalue weighted by atomic mass is 79.9. The smallest absolute Gasteiger partial charge is 0.0944 e. The van der Waals surface area contributed by atoms with Gasteiger partial charge in [-0.2, -0.15) is 0 Å². The van der Waals surface area contributed by atoms with Crippen molar-refractivity contribution >= 4 is 43.2 Å². The Morgan fingerprint density at radius 2 is 2.22 bits per heavy atom. The van der Waals surface area contributed by atoms with E-state index in [0.717, 1.165) is 32.6 Å². The Labute approximate surface area is 127 Å². The van der Waals surface area contributed by atoms with E-state index in [4.69, 9.17) is 0 Å². The standard InChI is InChI=1S/C12H13Br2N3S/c1-2-15-10(6-11-16-3-4-18-11)12-9(14)5-8(13)7-17-12/h3-5,7,10,15H,2,6H2,1H3. The zero-order valence-corrected chi connectivity index (χ0v) is 13.8. The van der Waals surface area contributed by atoms with Gasteiger partial charge >= 0.3 is 0 Å². The first-order chi connectivity index (χ1) is 8.70. The summed E-state index contributed by atoms with van der Waals surface area (Å²) in [5.74, 6) is 0. The molecular formula is C12H13Br2N3S. The van der Waals surface area contributed by atoms with Crippen molar-refractivity contribution < 1.29 is 0 Å². The van der Waals surface area contributed by atoms with Crippen LogP contribution in [0.3, 0.4) is 0 Å². The van der Waals surface area contributed by atoms with Crippen molar-refractivity contribution in [3.63, 3.8) is 0 Å². The number of thiazole rings is 1. The minimum absolute atomic E-state index is 0.184. The van der Waals surface area contributed by atoms with E-state index in [1.165, 1.54) is 0 Å². The molecule has 1 unspecified atom stereocenters. The summed E-state index contributed by atoms with van der Waals surface area (Å²) in [6.07, 6.45) is 4.53. The van der Waals surface area contributed by atoms with E-state index in [9.17, 15) is 0 Å². The first-order valence-electron chi connectivity index (χ1n) is 5.63. The molecule has 96 valence electrons. The molecule has 0 amide bonds. The highest BCUT2D eigenvalue weighted by molar-refractivity contribution is 9.11. The second kappa shape index (κ2) is 6.75. The molecule has 6 heteroatoms. The van der Waals surface area contributed by atoms with E-state index in [-0.39, 0.29) is 6.04 Å². The number of likely N-dealkylation sites (N-methyl/N-ethyl adjacent to an activating group) is 1. The van der Waals surface area contributed by atoms with Crippen LogP contribution >= 0.6 is 43.2 Å². The molecule has 0 aromatic carbocycles. The lowest BCUT2D eigenvalue weighted by Gasteiger charge is -2.17. The van der Waals surface area contributed by atoms with Gasteiger partial charge in [0.25, 0.3) is 0 Å². The summed E-state index contributed by atoms with van der Waals surface area (Å²) in [7, 11) is 0. The molecule has 0 aliphatic carbocycles. The Morgan fingerprint density at radius 3 is 2.83 bits per heavy atom. The number of rotatable bonds is 5. The highest BCUT2D eigenvalue weighted by Gasteiger charge is 2.17. The maximum absolute atomic E-state index is 4.50. The van der Waals surface area contributed by atoms with E-state index < -0.39 is 0 Å². The fourth-order valence-electron chi connectivity index (χ4n) is 1.72. The molecule has 3 nitrogen and oxygen atoms in total. The Kier molecular flexibility index (Phi) is 5.29. The number of nitrogens with one attached hydrogen (secondary N) is 1. The fraction of sp³-hybridized carbons (Fsp3) is 0.333. The Balaban J connectivity index is 2.23. The van der Waals surface area contributed by atoms with E-state index in [2.05, 4.69) is 54.1 Å². The van der Waals surface area contributed by atoms with E-state index in [0.29, 0.717) is 0 Å². The van der Waals surface area contributed by atoms with Crippen molar-refractivity contribution in [2.75, 3.05) is 6.54 Å². The lowest BCUT2D eigenvalue weighted by molar-refractivity contribution is 0.533. The SMILES string of the molecule is CCNC(Cc1nccs1)c1ncc(Br)cc1Br. The average molecular weight is 391 g/mol. The summed E-state index contributed by atoms with van der Waals surface area (Å²) in [6, 6.07) is 2.21. The van der Waals surface area contributed by atoms with Crippen molar-refractivity contribution in [3.05, 3.63) is 43.5 Å². The van der Waals surface area contributed by atoms with Crippen molar-refractivity contribution in [1.29, 1.82) is 0 Å². The van der Waals surface area contributed by atoms with Gasteiger partial charge in [0.15, 0.2) is 0 Å². The third-order valence-electron chi connectivity index (χ3n) is 2.48. The second-order valence-electron chi connectivity index (χ2n) is 3.76. The van der Waals surface area contributed by atoms with Crippen LogP contribution in [0.15, 0.2) is 32.8 Å². The number of hydrogen-bond donors (Lipinski definition) is 1. The van der Waals surface area contributed by atoms with Gasteiger partial charge in [-0.1, -0.05) is 6.92 Å². The fourth-order valence-corrected chi connectivity index (χ4v) is 3.65. The lowest BCUT2D eigenvalue weighted by atomic mass is 10.1. The predicted molar refractivity (Wildman–Crippen MR) is 81.9 cm³/mol. The number of aromatic nitrogens is 2. The highest BCUT2D eigenvalue weighted by Crippen LogP contribution is 2.27. The number of pyridine rings is 1. The normalized spacial score (nSPS) is 12.6. The van der Waals surface area contributed by atoms with E-state index >= 15 is 0 Å². The van der Waals surface area contributed by atoms with Crippen molar-refractivity contribution in [2.24, 2.45) is 0 Å². The van der Waals surface area contributed by atoms with Crippen LogP contribution in [0.25, 0.3) is 0 Å². The Morgan fingerprint density at radius 1 is 1.39 bits per heavy atom. The molecule has 0 bridgehead atoms. The molecule has 0 saturated carbocycles. The summed E-state index contributed by atoms with van der Waals surface area (Å²) < 4.78 is 1.99. The van der Waals surface area contributed by atoms with Gasteiger partial charge in [0.2, 0.25) is 0 Å². The van der Waals surface area contributed by atoms with Crippen molar-refractivity contribution in [3.8, 4) is 0 Å². The molecule has 18 heavy (non-hydrogen) atoms. The lowest BCUT2D eigenvalue weighted by Crippen LogP contribution is -2.24. The van der Waals surface area contributed by atoms with Crippen LogP contribution in [-0.2, 0) is 6.42 Å². The van der Waals surface area contributed by atoms with Gasteiger partial charge in [-0.25, -0.2) is 4.98 Å². The van der Waals surface area contributed by atoms with Crippen molar-refractivity contribution in [1.82, 2.24) is 15.3 Å². The minimum atomic E-state index is 0.184. The Hall–Kier alpha value is -0.300. The molecule has 0 aliphatic rings. The van der Waals surface area contributed by atoms with Crippen LogP contribution in [0.1, 0.15) is 23.7 Å². The molecule has 0 saturated heterocycles. The zero-order chi connectivity index (χ0) is 13.0. The predicted octanol–water partition coefficient (Wildman–Crippen LogP) is 3.96. The number of halogens is 2. The number of nitrogens with zero attached hydrogens (tertiary/aromatic N) is 2. The van der Waals surface area contributed by atoms with Crippen LogP contribution in [0, 0.1) is 0 Å². The van der Waals surface area contributed by atoms with Gasteiger partial charge in [0, 0.05) is 33.1 Å². The first-order valence-corrected chi connectivity index (χ1v) is 8.10. The summed E-state index contributed by atoms with van der Waals surface area (Å²) in [5.41, 5.74) is 1.02. The van der Waals surface area contributed by atoms with Crippen LogP contribution < -0.4 is 5.32 Å². The summed E-state index contributed by atoms with van der Waals surface area (Å²) >= 11 is 8.67. The molecular weight excluding hydrogens is 378 g/mol. The summed E-state index contributed by atoms with van der Waals surface area (Å²) in [5, 5.41) is 6.58. The molecule has 1 N–H and O–H groups in total. The van der Waals surface area contributed by atoms with Crippen LogP contribution in [-0.4, -0.2) is 16.5 Å². The summed E-state index contributed by atoms with van der Waals surface area (Å²) in [4.78, 5) is 8.84. The van der Waals surface area contributed by atoms with Crippen LogP contribution in [0.2, 0.25) is 0 Å². The largest absolute Gasteiger partial charge is 0.309 e. The van der Waals surface area contributed by atoms with Gasteiger partial charge in [0.1, 0.15) is 0 Å². The van der Waals surface area contributed by atoms with Gasteiger partial charge in [0.05, 0.1) is 16.7 Å². The monoisotopic (exact) mass is 389 g/mol. The minimum Gasteiger partial charge on any atom is -0.309 e. The molecule has 0 radical (unpaired) electrons. The molecule has 2 heterocycles. The Bertz CT molecular complexity index is 502. The number of hydrogen-bond acceptors (Lipinski definition) is 4. The average Bonchev–Trinajstić information content (AvgIpc) is 2.81. The maximum atomic E-state index is 4.50. The van der Waals surface area contributed by atoms with Gasteiger partial charge in [-0.05, 0) is 44.5 Å². The quantitative estimate of drug-likeness (QED) is 0.839. The van der Waals surface area contributed by atoms with Gasteiger partial charge in [-0.3, -0.25) is 4.98 Å². The molecule has 0 aliphatic heterocycles. The van der Waals surface area contributed by atoms with E-state index in [1.807, 2.05) is 23.8 Å². The molecule has 2 aromatic heterocycles. The molecule has 2 rings (SSSR count). The third kappa shape index (κ3) is 3.60.